The van der Waals surface area contributed by atoms with Crippen molar-refractivity contribution in [2.24, 2.45) is 5.73 Å². The summed E-state index contributed by atoms with van der Waals surface area (Å²) in [5.41, 5.74) is 7.66. The van der Waals surface area contributed by atoms with E-state index in [2.05, 4.69) is 11.6 Å². The molecule has 0 radical (unpaired) electrons. The van der Waals surface area contributed by atoms with Crippen molar-refractivity contribution < 1.29 is 4.74 Å². The molecule has 14 heavy (non-hydrogen) atoms. The van der Waals surface area contributed by atoms with Gasteiger partial charge in [-0.3, -0.25) is 4.98 Å². The van der Waals surface area contributed by atoms with E-state index in [0.29, 0.717) is 13.2 Å². The standard InChI is InChI=1S/C11H16N2O/c1-9(2)4-6-14-11-8-13-5-3-10(11)7-12/h3,5,8H,1,4,6-7,12H2,2H3. The molecule has 76 valence electrons. The molecule has 1 rings (SSSR count). The fourth-order valence-corrected chi connectivity index (χ4v) is 1.04. The van der Waals surface area contributed by atoms with Gasteiger partial charge in [-0.2, -0.15) is 0 Å². The second-order valence-corrected chi connectivity index (χ2v) is 3.24. The summed E-state index contributed by atoms with van der Waals surface area (Å²) in [6, 6.07) is 1.87. The van der Waals surface area contributed by atoms with Crippen molar-refractivity contribution in [3.8, 4) is 5.75 Å². The molecule has 0 aliphatic heterocycles. The second kappa shape index (κ2) is 5.40. The Bertz CT molecular complexity index is 310. The van der Waals surface area contributed by atoms with E-state index in [1.165, 1.54) is 0 Å². The van der Waals surface area contributed by atoms with Gasteiger partial charge in [0.1, 0.15) is 5.75 Å². The van der Waals surface area contributed by atoms with Gasteiger partial charge in [-0.05, 0) is 13.0 Å². The molecule has 0 atom stereocenters. The lowest BCUT2D eigenvalue weighted by Crippen LogP contribution is -2.04. The maximum absolute atomic E-state index is 5.56. The fourth-order valence-electron chi connectivity index (χ4n) is 1.04. The van der Waals surface area contributed by atoms with Crippen LogP contribution in [0.4, 0.5) is 0 Å². The molecule has 0 fully saturated rings. The largest absolute Gasteiger partial charge is 0.491 e. The molecule has 3 nitrogen and oxygen atoms in total. The molecule has 2 N–H and O–H groups in total. The number of hydrogen-bond acceptors (Lipinski definition) is 3. The van der Waals surface area contributed by atoms with Crippen molar-refractivity contribution in [1.82, 2.24) is 4.98 Å². The minimum Gasteiger partial charge on any atom is -0.491 e. The van der Waals surface area contributed by atoms with Gasteiger partial charge in [0, 0.05) is 24.7 Å². The average molecular weight is 192 g/mol. The first kappa shape index (κ1) is 10.7. The van der Waals surface area contributed by atoms with Gasteiger partial charge >= 0.3 is 0 Å². The summed E-state index contributed by atoms with van der Waals surface area (Å²) in [5, 5.41) is 0. The zero-order chi connectivity index (χ0) is 10.4. The lowest BCUT2D eigenvalue weighted by atomic mass is 10.2. The first-order valence-corrected chi connectivity index (χ1v) is 4.64. The van der Waals surface area contributed by atoms with Crippen LogP contribution in [0.2, 0.25) is 0 Å². The number of nitrogens with two attached hydrogens (primary N) is 1. The number of aromatic nitrogens is 1. The Kier molecular flexibility index (Phi) is 4.13. The van der Waals surface area contributed by atoms with Crippen LogP contribution in [0.25, 0.3) is 0 Å². The van der Waals surface area contributed by atoms with Gasteiger partial charge in [0.25, 0.3) is 0 Å². The Labute approximate surface area is 84.6 Å². The third-order valence-electron chi connectivity index (χ3n) is 1.88. The van der Waals surface area contributed by atoms with Crippen LogP contribution in [0.3, 0.4) is 0 Å². The molecule has 0 aliphatic rings. The highest BCUT2D eigenvalue weighted by atomic mass is 16.5. The Hall–Kier alpha value is -1.35. The van der Waals surface area contributed by atoms with Gasteiger partial charge in [-0.15, -0.1) is 6.58 Å². The Morgan fingerprint density at radius 1 is 1.64 bits per heavy atom. The van der Waals surface area contributed by atoms with Gasteiger partial charge in [-0.1, -0.05) is 5.57 Å². The maximum Gasteiger partial charge on any atom is 0.142 e. The number of hydrogen-bond donors (Lipinski definition) is 1. The van der Waals surface area contributed by atoms with Gasteiger partial charge in [0.15, 0.2) is 0 Å². The molecule has 0 aliphatic carbocycles. The molecule has 0 unspecified atom stereocenters. The summed E-state index contributed by atoms with van der Waals surface area (Å²) in [4.78, 5) is 3.99. The van der Waals surface area contributed by atoms with Crippen molar-refractivity contribution >= 4 is 0 Å². The zero-order valence-electron chi connectivity index (χ0n) is 8.49. The summed E-state index contributed by atoms with van der Waals surface area (Å²) in [6.45, 7) is 6.90. The van der Waals surface area contributed by atoms with Gasteiger partial charge < -0.3 is 10.5 Å². The van der Waals surface area contributed by atoms with Crippen molar-refractivity contribution in [2.45, 2.75) is 19.9 Å². The van der Waals surface area contributed by atoms with Crippen LogP contribution in [0.1, 0.15) is 18.9 Å². The second-order valence-electron chi connectivity index (χ2n) is 3.24. The Morgan fingerprint density at radius 3 is 3.07 bits per heavy atom. The van der Waals surface area contributed by atoms with Crippen LogP contribution in [0.5, 0.6) is 5.75 Å². The topological polar surface area (TPSA) is 48.1 Å². The summed E-state index contributed by atoms with van der Waals surface area (Å²) >= 11 is 0. The smallest absolute Gasteiger partial charge is 0.142 e. The Morgan fingerprint density at radius 2 is 2.43 bits per heavy atom. The quantitative estimate of drug-likeness (QED) is 0.725. The molecule has 3 heteroatoms. The number of rotatable bonds is 5. The number of pyridine rings is 1. The normalized spacial score (nSPS) is 9.86. The lowest BCUT2D eigenvalue weighted by Gasteiger charge is -2.08. The van der Waals surface area contributed by atoms with Gasteiger partial charge in [0.2, 0.25) is 0 Å². The van der Waals surface area contributed by atoms with Crippen LogP contribution in [0, 0.1) is 0 Å². The van der Waals surface area contributed by atoms with Crippen molar-refractivity contribution in [2.75, 3.05) is 6.61 Å². The van der Waals surface area contributed by atoms with Crippen LogP contribution in [0.15, 0.2) is 30.6 Å². The molecule has 0 saturated heterocycles. The number of nitrogens with zero attached hydrogens (tertiary/aromatic N) is 1. The van der Waals surface area contributed by atoms with E-state index in [1.54, 1.807) is 12.4 Å². The highest BCUT2D eigenvalue weighted by molar-refractivity contribution is 5.29. The molecular formula is C11H16N2O. The van der Waals surface area contributed by atoms with E-state index >= 15 is 0 Å². The first-order valence-electron chi connectivity index (χ1n) is 4.64. The molecule has 1 heterocycles. The number of ether oxygens (including phenoxy) is 1. The predicted octanol–water partition coefficient (Wildman–Crippen LogP) is 1.89. The maximum atomic E-state index is 5.56. The lowest BCUT2D eigenvalue weighted by molar-refractivity contribution is 0.317. The van der Waals surface area contributed by atoms with E-state index in [9.17, 15) is 0 Å². The summed E-state index contributed by atoms with van der Waals surface area (Å²) in [6.07, 6.45) is 4.27. The molecule has 0 amide bonds. The Balaban J connectivity index is 2.53. The molecule has 1 aromatic heterocycles. The molecule has 0 bridgehead atoms. The monoisotopic (exact) mass is 192 g/mol. The third-order valence-corrected chi connectivity index (χ3v) is 1.88. The molecular weight excluding hydrogens is 176 g/mol. The van der Waals surface area contributed by atoms with E-state index in [0.717, 1.165) is 23.3 Å². The average Bonchev–Trinajstić information content (AvgIpc) is 2.18. The minimum absolute atomic E-state index is 0.477. The van der Waals surface area contributed by atoms with E-state index < -0.39 is 0 Å². The molecule has 0 spiro atoms. The van der Waals surface area contributed by atoms with Crippen molar-refractivity contribution in [3.05, 3.63) is 36.2 Å². The minimum atomic E-state index is 0.477. The summed E-state index contributed by atoms with van der Waals surface area (Å²) in [5.74, 6) is 0.774. The SMILES string of the molecule is C=C(C)CCOc1cnccc1CN. The van der Waals surface area contributed by atoms with Crippen LogP contribution in [-0.2, 0) is 6.54 Å². The van der Waals surface area contributed by atoms with Gasteiger partial charge in [0.05, 0.1) is 12.8 Å². The van der Waals surface area contributed by atoms with Crippen LogP contribution >= 0.6 is 0 Å². The van der Waals surface area contributed by atoms with Crippen LogP contribution < -0.4 is 10.5 Å². The fraction of sp³-hybridized carbons (Fsp3) is 0.364. The van der Waals surface area contributed by atoms with Gasteiger partial charge in [-0.25, -0.2) is 0 Å². The van der Waals surface area contributed by atoms with E-state index in [-0.39, 0.29) is 0 Å². The summed E-state index contributed by atoms with van der Waals surface area (Å²) in [7, 11) is 0. The van der Waals surface area contributed by atoms with Crippen LogP contribution in [-0.4, -0.2) is 11.6 Å². The molecule has 1 aromatic rings. The highest BCUT2D eigenvalue weighted by Gasteiger charge is 2.00. The highest BCUT2D eigenvalue weighted by Crippen LogP contribution is 2.15. The van der Waals surface area contributed by atoms with E-state index in [1.807, 2.05) is 13.0 Å². The van der Waals surface area contributed by atoms with E-state index in [4.69, 9.17) is 10.5 Å². The van der Waals surface area contributed by atoms with Crippen molar-refractivity contribution in [1.29, 1.82) is 0 Å². The van der Waals surface area contributed by atoms with Crippen molar-refractivity contribution in [3.63, 3.8) is 0 Å². The summed E-state index contributed by atoms with van der Waals surface area (Å²) < 4.78 is 5.54. The third kappa shape index (κ3) is 3.18. The predicted molar refractivity (Wildman–Crippen MR) is 57.1 cm³/mol. The molecule has 0 aromatic carbocycles. The molecule has 0 saturated carbocycles. The zero-order valence-corrected chi connectivity index (χ0v) is 8.49. The first-order chi connectivity index (χ1) is 6.74.